The zero-order valence-electron chi connectivity index (χ0n) is 12.6. The molecule has 7 heteroatoms. The van der Waals surface area contributed by atoms with Crippen molar-refractivity contribution in [1.82, 2.24) is 14.6 Å². The van der Waals surface area contributed by atoms with Crippen LogP contribution in [0.25, 0.3) is 10.8 Å². The van der Waals surface area contributed by atoms with Crippen molar-refractivity contribution in [2.75, 3.05) is 20.1 Å². The number of hydrogen-bond acceptors (Lipinski definition) is 4. The zero-order valence-corrected chi connectivity index (χ0v) is 14.2. The summed E-state index contributed by atoms with van der Waals surface area (Å²) in [6.45, 7) is 2.99. The fourth-order valence-corrected chi connectivity index (χ4v) is 4.70. The minimum atomic E-state index is -3.47. The van der Waals surface area contributed by atoms with Crippen molar-refractivity contribution in [3.05, 3.63) is 36.2 Å². The molecule has 1 saturated heterocycles. The quantitative estimate of drug-likeness (QED) is 0.926. The number of fused-ring (bicyclic) bond motifs is 1. The largest absolute Gasteiger partial charge is 0.316 e. The van der Waals surface area contributed by atoms with Gasteiger partial charge in [0.1, 0.15) is 0 Å². The van der Waals surface area contributed by atoms with Gasteiger partial charge in [0.25, 0.3) is 0 Å². The number of nitrogens with zero attached hydrogens (tertiary/aromatic N) is 2. The van der Waals surface area contributed by atoms with Crippen molar-refractivity contribution >= 4 is 33.2 Å². The Bertz CT molecular complexity index is 774. The van der Waals surface area contributed by atoms with Crippen LogP contribution in [0.2, 0.25) is 0 Å². The lowest BCUT2D eigenvalue weighted by Crippen LogP contribution is -2.33. The second-order valence-corrected chi connectivity index (χ2v) is 7.35. The highest BCUT2D eigenvalue weighted by molar-refractivity contribution is 7.89. The van der Waals surface area contributed by atoms with Crippen LogP contribution < -0.4 is 5.32 Å². The first-order valence-electron chi connectivity index (χ1n) is 7.05. The van der Waals surface area contributed by atoms with Gasteiger partial charge in [0.05, 0.1) is 4.90 Å². The first-order chi connectivity index (χ1) is 10.0. The normalized spacial score (nSPS) is 19.3. The van der Waals surface area contributed by atoms with Crippen LogP contribution >= 0.6 is 12.4 Å². The highest BCUT2D eigenvalue weighted by Gasteiger charge is 2.33. The van der Waals surface area contributed by atoms with Crippen LogP contribution in [0, 0.1) is 6.92 Å². The van der Waals surface area contributed by atoms with E-state index in [1.807, 2.05) is 20.0 Å². The number of halogens is 1. The maximum absolute atomic E-state index is 12.9. The number of sulfonamides is 1. The molecule has 120 valence electrons. The first kappa shape index (κ1) is 17.1. The number of hydrogen-bond donors (Lipinski definition) is 1. The molecule has 1 fully saturated rings. The van der Waals surface area contributed by atoms with Crippen LogP contribution in [-0.4, -0.2) is 43.9 Å². The molecular weight excluding hydrogens is 322 g/mol. The van der Waals surface area contributed by atoms with E-state index in [0.717, 1.165) is 22.8 Å². The zero-order chi connectivity index (χ0) is 15.0. The Morgan fingerprint density at radius 2 is 2.09 bits per heavy atom. The number of likely N-dealkylation sites (N-methyl/N-ethyl adjacent to an activating group) is 1. The third-order valence-corrected chi connectivity index (χ3v) is 6.02. The Hall–Kier alpha value is -1.21. The van der Waals surface area contributed by atoms with Crippen molar-refractivity contribution in [2.24, 2.45) is 0 Å². The molecule has 0 spiro atoms. The predicted molar refractivity (Wildman–Crippen MR) is 90.0 cm³/mol. The summed E-state index contributed by atoms with van der Waals surface area (Å²) in [5.41, 5.74) is 0.885. The van der Waals surface area contributed by atoms with E-state index >= 15 is 0 Å². The van der Waals surface area contributed by atoms with Crippen LogP contribution in [0.1, 0.15) is 12.0 Å². The summed E-state index contributed by atoms with van der Waals surface area (Å²) in [4.78, 5) is 4.53. The number of benzene rings is 1. The average molecular weight is 342 g/mol. The van der Waals surface area contributed by atoms with Gasteiger partial charge in [-0.15, -0.1) is 12.4 Å². The predicted octanol–water partition coefficient (Wildman–Crippen LogP) is 1.95. The van der Waals surface area contributed by atoms with E-state index in [2.05, 4.69) is 10.3 Å². The summed E-state index contributed by atoms with van der Waals surface area (Å²) in [7, 11) is -1.60. The molecule has 1 N–H and O–H groups in total. The van der Waals surface area contributed by atoms with E-state index in [9.17, 15) is 8.42 Å². The summed E-state index contributed by atoms with van der Waals surface area (Å²) in [5, 5.41) is 4.79. The van der Waals surface area contributed by atoms with Crippen LogP contribution in [-0.2, 0) is 10.0 Å². The monoisotopic (exact) mass is 341 g/mol. The molecule has 3 rings (SSSR count). The first-order valence-corrected chi connectivity index (χ1v) is 8.49. The number of aromatic nitrogens is 1. The van der Waals surface area contributed by atoms with Crippen molar-refractivity contribution in [3.63, 3.8) is 0 Å². The number of pyridine rings is 1. The Balaban J connectivity index is 0.00000176. The molecule has 0 radical (unpaired) electrons. The van der Waals surface area contributed by atoms with Gasteiger partial charge in [-0.05, 0) is 32.0 Å². The smallest absolute Gasteiger partial charge is 0.243 e. The molecule has 1 aliphatic rings. The minimum absolute atomic E-state index is 0. The van der Waals surface area contributed by atoms with E-state index in [1.54, 1.807) is 28.8 Å². The van der Waals surface area contributed by atoms with Gasteiger partial charge in [-0.25, -0.2) is 8.42 Å². The van der Waals surface area contributed by atoms with E-state index in [-0.39, 0.29) is 18.4 Å². The molecule has 0 unspecified atom stereocenters. The molecule has 2 aromatic rings. The molecule has 1 aliphatic heterocycles. The lowest BCUT2D eigenvalue weighted by Gasteiger charge is -2.18. The van der Waals surface area contributed by atoms with Crippen molar-refractivity contribution in [2.45, 2.75) is 24.3 Å². The SMILES string of the molecule is CN[C@@H]1CCN(S(=O)(=O)c2cccc3cncc(C)c23)C1.Cl. The molecule has 1 aromatic carbocycles. The van der Waals surface area contributed by atoms with Crippen molar-refractivity contribution < 1.29 is 8.42 Å². The van der Waals surface area contributed by atoms with Crippen LogP contribution in [0.15, 0.2) is 35.5 Å². The molecule has 0 bridgehead atoms. The topological polar surface area (TPSA) is 62.3 Å². The fraction of sp³-hybridized carbons (Fsp3) is 0.400. The molecule has 22 heavy (non-hydrogen) atoms. The van der Waals surface area contributed by atoms with Crippen LogP contribution in [0.3, 0.4) is 0 Å². The molecule has 2 heterocycles. The van der Waals surface area contributed by atoms with Crippen LogP contribution in [0.5, 0.6) is 0 Å². The summed E-state index contributed by atoms with van der Waals surface area (Å²) in [5.74, 6) is 0. The highest BCUT2D eigenvalue weighted by atomic mass is 35.5. The highest BCUT2D eigenvalue weighted by Crippen LogP contribution is 2.29. The van der Waals surface area contributed by atoms with Gasteiger partial charge in [0.15, 0.2) is 0 Å². The molecule has 0 amide bonds. The lowest BCUT2D eigenvalue weighted by molar-refractivity contribution is 0.465. The van der Waals surface area contributed by atoms with Gasteiger partial charge in [0.2, 0.25) is 10.0 Å². The summed E-state index contributed by atoms with van der Waals surface area (Å²) in [6, 6.07) is 5.60. The number of rotatable bonds is 3. The molecule has 5 nitrogen and oxygen atoms in total. The van der Waals surface area contributed by atoms with E-state index in [4.69, 9.17) is 0 Å². The number of nitrogens with one attached hydrogen (secondary N) is 1. The molecular formula is C15H20ClN3O2S. The second kappa shape index (κ2) is 6.50. The van der Waals surface area contributed by atoms with Gasteiger partial charge in [0, 0.05) is 42.3 Å². The van der Waals surface area contributed by atoms with Gasteiger partial charge >= 0.3 is 0 Å². The van der Waals surface area contributed by atoms with E-state index in [1.165, 1.54) is 0 Å². The van der Waals surface area contributed by atoms with Gasteiger partial charge in [-0.3, -0.25) is 4.98 Å². The average Bonchev–Trinajstić information content (AvgIpc) is 2.97. The molecule has 1 atom stereocenters. The summed E-state index contributed by atoms with van der Waals surface area (Å²) in [6.07, 6.45) is 4.27. The maximum Gasteiger partial charge on any atom is 0.243 e. The van der Waals surface area contributed by atoms with Crippen molar-refractivity contribution in [1.29, 1.82) is 0 Å². The van der Waals surface area contributed by atoms with E-state index in [0.29, 0.717) is 18.0 Å². The third-order valence-electron chi connectivity index (χ3n) is 4.11. The van der Waals surface area contributed by atoms with Gasteiger partial charge < -0.3 is 5.32 Å². The maximum atomic E-state index is 12.9. The van der Waals surface area contributed by atoms with Gasteiger partial charge in [-0.2, -0.15) is 4.31 Å². The fourth-order valence-electron chi connectivity index (χ4n) is 2.91. The Morgan fingerprint density at radius 1 is 1.32 bits per heavy atom. The Labute approximate surface area is 137 Å². The molecule has 1 aromatic heterocycles. The lowest BCUT2D eigenvalue weighted by atomic mass is 10.1. The minimum Gasteiger partial charge on any atom is -0.316 e. The Morgan fingerprint density at radius 3 is 2.77 bits per heavy atom. The summed E-state index contributed by atoms with van der Waals surface area (Å²) >= 11 is 0. The van der Waals surface area contributed by atoms with Gasteiger partial charge in [-0.1, -0.05) is 12.1 Å². The third kappa shape index (κ3) is 2.84. The summed E-state index contributed by atoms with van der Waals surface area (Å²) < 4.78 is 27.5. The van der Waals surface area contributed by atoms with E-state index < -0.39 is 10.0 Å². The van der Waals surface area contributed by atoms with Crippen LogP contribution in [0.4, 0.5) is 0 Å². The molecule has 0 aliphatic carbocycles. The standard InChI is InChI=1S/C15H19N3O2S.ClH/c1-11-8-17-9-12-4-3-5-14(15(11)12)21(19,20)18-7-6-13(10-18)16-2;/h3-5,8-9,13,16H,6-7,10H2,1-2H3;1H/t13-;/m1./s1. The number of aryl methyl sites for hydroxylation is 1. The second-order valence-electron chi connectivity index (χ2n) is 5.45. The molecule has 0 saturated carbocycles. The van der Waals surface area contributed by atoms with Crippen molar-refractivity contribution in [3.8, 4) is 0 Å². The Kier molecular flexibility index (Phi) is 5.07.